The largest absolute Gasteiger partial charge is 0.378 e. The minimum absolute atomic E-state index is 0.504. The second-order valence-electron chi connectivity index (χ2n) is 4.90. The van der Waals surface area contributed by atoms with Gasteiger partial charge in [0.15, 0.2) is 0 Å². The molecule has 2 rings (SSSR count). The van der Waals surface area contributed by atoms with Crippen LogP contribution in [0.3, 0.4) is 0 Å². The van der Waals surface area contributed by atoms with E-state index in [2.05, 4.69) is 19.2 Å². The van der Waals surface area contributed by atoms with Gasteiger partial charge in [-0.3, -0.25) is 0 Å². The fraction of sp³-hybridized carbons (Fsp3) is 1.00. The van der Waals surface area contributed by atoms with E-state index in [1.54, 1.807) is 0 Å². The predicted octanol–water partition coefficient (Wildman–Crippen LogP) is 1.94. The highest BCUT2D eigenvalue weighted by molar-refractivity contribution is 4.98. The van der Waals surface area contributed by atoms with Crippen LogP contribution in [0.5, 0.6) is 0 Å². The van der Waals surface area contributed by atoms with Gasteiger partial charge < -0.3 is 10.1 Å². The Morgan fingerprint density at radius 1 is 1.46 bits per heavy atom. The molecule has 1 heterocycles. The summed E-state index contributed by atoms with van der Waals surface area (Å²) in [6.07, 6.45) is 5.87. The maximum atomic E-state index is 5.77. The Morgan fingerprint density at radius 2 is 2.31 bits per heavy atom. The van der Waals surface area contributed by atoms with Crippen molar-refractivity contribution in [2.45, 2.75) is 51.7 Å². The average Bonchev–Trinajstić information content (AvgIpc) is 2.57. The number of ether oxygens (including phenoxy) is 1. The third-order valence-corrected chi connectivity index (χ3v) is 3.61. The Balaban J connectivity index is 1.93. The molecule has 13 heavy (non-hydrogen) atoms. The topological polar surface area (TPSA) is 21.3 Å². The van der Waals surface area contributed by atoms with Gasteiger partial charge in [0, 0.05) is 24.6 Å². The van der Waals surface area contributed by atoms with Crippen molar-refractivity contribution in [3.63, 3.8) is 0 Å². The van der Waals surface area contributed by atoms with E-state index in [9.17, 15) is 0 Å². The van der Waals surface area contributed by atoms with Crippen molar-refractivity contribution in [3.05, 3.63) is 0 Å². The Morgan fingerprint density at radius 3 is 3.08 bits per heavy atom. The molecule has 2 nitrogen and oxygen atoms in total. The van der Waals surface area contributed by atoms with Crippen LogP contribution >= 0.6 is 0 Å². The monoisotopic (exact) mass is 183 g/mol. The first kappa shape index (κ1) is 9.47. The fourth-order valence-electron chi connectivity index (χ4n) is 2.76. The molecule has 1 saturated heterocycles. The van der Waals surface area contributed by atoms with Crippen molar-refractivity contribution in [2.75, 3.05) is 13.2 Å². The van der Waals surface area contributed by atoms with Gasteiger partial charge in [-0.1, -0.05) is 20.3 Å². The van der Waals surface area contributed by atoms with E-state index in [0.717, 1.165) is 13.2 Å². The van der Waals surface area contributed by atoms with Crippen LogP contribution in [0.1, 0.15) is 39.5 Å². The third kappa shape index (κ3) is 1.75. The molecule has 2 fully saturated rings. The van der Waals surface area contributed by atoms with Crippen molar-refractivity contribution in [3.8, 4) is 0 Å². The summed E-state index contributed by atoms with van der Waals surface area (Å²) in [7, 11) is 0. The van der Waals surface area contributed by atoms with E-state index < -0.39 is 0 Å². The SMILES string of the molecule is CC(C)NC[C@]12CCC[C@H]1OCC2. The summed E-state index contributed by atoms with van der Waals surface area (Å²) < 4.78 is 5.77. The zero-order valence-electron chi connectivity index (χ0n) is 8.81. The molecule has 1 aliphatic carbocycles. The molecular formula is C11H21NO. The van der Waals surface area contributed by atoms with E-state index in [1.165, 1.54) is 25.7 Å². The molecule has 0 radical (unpaired) electrons. The van der Waals surface area contributed by atoms with Crippen molar-refractivity contribution in [2.24, 2.45) is 5.41 Å². The van der Waals surface area contributed by atoms with Crippen molar-refractivity contribution < 1.29 is 4.74 Å². The molecule has 2 aliphatic rings. The first-order valence-electron chi connectivity index (χ1n) is 5.58. The van der Waals surface area contributed by atoms with Gasteiger partial charge in [-0.2, -0.15) is 0 Å². The van der Waals surface area contributed by atoms with E-state index in [-0.39, 0.29) is 0 Å². The summed E-state index contributed by atoms with van der Waals surface area (Å²) in [5.74, 6) is 0. The molecule has 0 unspecified atom stereocenters. The standard InChI is InChI=1S/C11H21NO/c1-9(2)12-8-11-5-3-4-10(11)13-7-6-11/h9-10,12H,3-8H2,1-2H3/t10-,11-/m1/s1. The van der Waals surface area contributed by atoms with Crippen molar-refractivity contribution in [1.82, 2.24) is 5.32 Å². The van der Waals surface area contributed by atoms with Gasteiger partial charge in [-0.15, -0.1) is 0 Å². The molecule has 0 aromatic carbocycles. The van der Waals surface area contributed by atoms with Crippen LogP contribution in [0, 0.1) is 5.41 Å². The summed E-state index contributed by atoms with van der Waals surface area (Å²) in [4.78, 5) is 0. The minimum atomic E-state index is 0.504. The molecule has 0 amide bonds. The lowest BCUT2D eigenvalue weighted by Crippen LogP contribution is -2.39. The zero-order chi connectivity index (χ0) is 9.31. The summed E-state index contributed by atoms with van der Waals surface area (Å²) in [5.41, 5.74) is 0.504. The fourth-order valence-corrected chi connectivity index (χ4v) is 2.76. The first-order chi connectivity index (χ1) is 6.23. The van der Waals surface area contributed by atoms with Crippen LogP contribution in [-0.2, 0) is 4.74 Å². The van der Waals surface area contributed by atoms with Gasteiger partial charge in [0.1, 0.15) is 0 Å². The minimum Gasteiger partial charge on any atom is -0.378 e. The molecule has 0 bridgehead atoms. The molecule has 1 N–H and O–H groups in total. The molecule has 2 heteroatoms. The lowest BCUT2D eigenvalue weighted by atomic mass is 9.82. The number of rotatable bonds is 3. The Kier molecular flexibility index (Phi) is 2.61. The normalized spacial score (nSPS) is 38.5. The maximum Gasteiger partial charge on any atom is 0.0644 e. The van der Waals surface area contributed by atoms with Gasteiger partial charge >= 0.3 is 0 Å². The molecule has 1 saturated carbocycles. The number of nitrogens with one attached hydrogen (secondary N) is 1. The van der Waals surface area contributed by atoms with Crippen LogP contribution in [0.4, 0.5) is 0 Å². The van der Waals surface area contributed by atoms with Gasteiger partial charge in [0.25, 0.3) is 0 Å². The molecular weight excluding hydrogens is 162 g/mol. The summed E-state index contributed by atoms with van der Waals surface area (Å²) in [5, 5.41) is 3.57. The zero-order valence-corrected chi connectivity index (χ0v) is 8.81. The van der Waals surface area contributed by atoms with Crippen LogP contribution in [-0.4, -0.2) is 25.3 Å². The summed E-state index contributed by atoms with van der Waals surface area (Å²) in [6.45, 7) is 6.59. The van der Waals surface area contributed by atoms with Crippen molar-refractivity contribution in [1.29, 1.82) is 0 Å². The van der Waals surface area contributed by atoms with E-state index in [0.29, 0.717) is 17.6 Å². The van der Waals surface area contributed by atoms with E-state index >= 15 is 0 Å². The Labute approximate surface area is 81.0 Å². The summed E-state index contributed by atoms with van der Waals surface area (Å²) >= 11 is 0. The Hall–Kier alpha value is -0.0800. The highest BCUT2D eigenvalue weighted by atomic mass is 16.5. The molecule has 0 aromatic heterocycles. The first-order valence-corrected chi connectivity index (χ1v) is 5.58. The highest BCUT2D eigenvalue weighted by Crippen LogP contribution is 2.46. The van der Waals surface area contributed by atoms with Gasteiger partial charge in [0.2, 0.25) is 0 Å². The lowest BCUT2D eigenvalue weighted by Gasteiger charge is -2.29. The van der Waals surface area contributed by atoms with Crippen LogP contribution in [0.15, 0.2) is 0 Å². The number of hydrogen-bond acceptors (Lipinski definition) is 2. The van der Waals surface area contributed by atoms with Gasteiger partial charge in [0.05, 0.1) is 6.10 Å². The smallest absolute Gasteiger partial charge is 0.0644 e. The molecule has 2 atom stereocenters. The highest BCUT2D eigenvalue weighted by Gasteiger charge is 2.46. The second-order valence-corrected chi connectivity index (χ2v) is 4.90. The van der Waals surface area contributed by atoms with Crippen LogP contribution < -0.4 is 5.32 Å². The predicted molar refractivity (Wildman–Crippen MR) is 53.8 cm³/mol. The molecule has 76 valence electrons. The third-order valence-electron chi connectivity index (χ3n) is 3.61. The number of hydrogen-bond donors (Lipinski definition) is 1. The quantitative estimate of drug-likeness (QED) is 0.722. The van der Waals surface area contributed by atoms with Gasteiger partial charge in [-0.05, 0) is 19.3 Å². The second kappa shape index (κ2) is 3.58. The summed E-state index contributed by atoms with van der Waals surface area (Å²) in [6, 6.07) is 0.608. The molecule has 0 aromatic rings. The maximum absolute atomic E-state index is 5.77. The van der Waals surface area contributed by atoms with E-state index in [1.807, 2.05) is 0 Å². The van der Waals surface area contributed by atoms with Crippen LogP contribution in [0.2, 0.25) is 0 Å². The average molecular weight is 183 g/mol. The molecule has 1 aliphatic heterocycles. The number of fused-ring (bicyclic) bond motifs is 1. The van der Waals surface area contributed by atoms with Crippen molar-refractivity contribution >= 4 is 0 Å². The van der Waals surface area contributed by atoms with Gasteiger partial charge in [-0.25, -0.2) is 0 Å². The molecule has 0 spiro atoms. The van der Waals surface area contributed by atoms with Crippen LogP contribution in [0.25, 0.3) is 0 Å². The lowest BCUT2D eigenvalue weighted by molar-refractivity contribution is 0.0691. The van der Waals surface area contributed by atoms with E-state index in [4.69, 9.17) is 4.74 Å². The Bertz CT molecular complexity index is 169.